The molecule has 0 aromatic carbocycles. The van der Waals surface area contributed by atoms with Crippen LogP contribution in [-0.2, 0) is 28.7 Å². The van der Waals surface area contributed by atoms with Crippen LogP contribution in [0.5, 0.6) is 0 Å². The van der Waals surface area contributed by atoms with E-state index < -0.39 is 59.6 Å². The standard InChI is InChI=1S/C11H10O7/c1-2-3-5(10(15)17-8(3)13)7(12)6-4(2)9(14)18-11(6)16/h2-7,12H,1H3. The Bertz CT molecular complexity index is 398. The Balaban J connectivity index is 2.07. The number of carbonyl (C=O) groups is 4. The van der Waals surface area contributed by atoms with Gasteiger partial charge in [-0.25, -0.2) is 0 Å². The summed E-state index contributed by atoms with van der Waals surface area (Å²) in [5, 5.41) is 10.0. The van der Waals surface area contributed by atoms with E-state index in [0.717, 1.165) is 0 Å². The van der Waals surface area contributed by atoms with Crippen LogP contribution in [-0.4, -0.2) is 35.1 Å². The van der Waals surface area contributed by atoms with Crippen LogP contribution >= 0.6 is 0 Å². The van der Waals surface area contributed by atoms with Gasteiger partial charge in [0.1, 0.15) is 0 Å². The van der Waals surface area contributed by atoms with E-state index >= 15 is 0 Å². The third kappa shape index (κ3) is 1.17. The average molecular weight is 254 g/mol. The number of fused-ring (bicyclic) bond motifs is 2. The lowest BCUT2D eigenvalue weighted by Crippen LogP contribution is -2.51. The van der Waals surface area contributed by atoms with Crippen molar-refractivity contribution in [2.24, 2.45) is 29.6 Å². The van der Waals surface area contributed by atoms with Gasteiger partial charge in [-0.15, -0.1) is 0 Å². The van der Waals surface area contributed by atoms with Gasteiger partial charge in [0.25, 0.3) is 0 Å². The highest BCUT2D eigenvalue weighted by Crippen LogP contribution is 2.49. The molecular formula is C11H10O7. The van der Waals surface area contributed by atoms with Gasteiger partial charge in [-0.2, -0.15) is 0 Å². The summed E-state index contributed by atoms with van der Waals surface area (Å²) in [5.74, 6) is -7.66. The summed E-state index contributed by atoms with van der Waals surface area (Å²) in [7, 11) is 0. The highest BCUT2D eigenvalue weighted by Gasteiger charge is 2.65. The molecule has 0 aromatic heterocycles. The van der Waals surface area contributed by atoms with Crippen molar-refractivity contribution in [1.82, 2.24) is 0 Å². The molecule has 2 aliphatic heterocycles. The minimum Gasteiger partial charge on any atom is -0.393 e. The molecule has 1 saturated carbocycles. The van der Waals surface area contributed by atoms with Crippen molar-refractivity contribution < 1.29 is 33.8 Å². The second-order valence-electron chi connectivity index (χ2n) is 4.93. The van der Waals surface area contributed by atoms with Gasteiger partial charge in [-0.05, 0) is 5.92 Å². The van der Waals surface area contributed by atoms with E-state index in [1.807, 2.05) is 0 Å². The third-order valence-corrected chi connectivity index (χ3v) is 4.13. The first-order chi connectivity index (χ1) is 8.43. The van der Waals surface area contributed by atoms with Crippen molar-refractivity contribution in [1.29, 1.82) is 0 Å². The van der Waals surface area contributed by atoms with Crippen molar-refractivity contribution in [3.05, 3.63) is 0 Å². The molecule has 0 spiro atoms. The lowest BCUT2D eigenvalue weighted by atomic mass is 9.62. The van der Waals surface area contributed by atoms with Gasteiger partial charge in [0.2, 0.25) is 0 Å². The first-order valence-corrected chi connectivity index (χ1v) is 5.62. The predicted octanol–water partition coefficient (Wildman–Crippen LogP) is -1.37. The van der Waals surface area contributed by atoms with Crippen molar-refractivity contribution in [3.8, 4) is 0 Å². The molecule has 2 saturated heterocycles. The molecule has 0 amide bonds. The molecular weight excluding hydrogens is 244 g/mol. The summed E-state index contributed by atoms with van der Waals surface area (Å²) in [4.78, 5) is 46.1. The summed E-state index contributed by atoms with van der Waals surface area (Å²) in [5.41, 5.74) is 0. The van der Waals surface area contributed by atoms with Crippen molar-refractivity contribution in [2.75, 3.05) is 0 Å². The van der Waals surface area contributed by atoms with E-state index in [1.54, 1.807) is 6.92 Å². The Morgan fingerprint density at radius 2 is 1.11 bits per heavy atom. The number of carbonyl (C=O) groups excluding carboxylic acids is 4. The molecule has 4 unspecified atom stereocenters. The van der Waals surface area contributed by atoms with Crippen LogP contribution in [0.3, 0.4) is 0 Å². The molecule has 0 radical (unpaired) electrons. The van der Waals surface area contributed by atoms with Gasteiger partial charge in [-0.3, -0.25) is 19.2 Å². The molecule has 4 atom stereocenters. The van der Waals surface area contributed by atoms with Crippen LogP contribution in [0, 0.1) is 29.6 Å². The van der Waals surface area contributed by atoms with Crippen molar-refractivity contribution in [3.63, 3.8) is 0 Å². The van der Waals surface area contributed by atoms with Crippen LogP contribution in [0.2, 0.25) is 0 Å². The molecule has 7 nitrogen and oxygen atoms in total. The smallest absolute Gasteiger partial charge is 0.320 e. The maximum atomic E-state index is 11.6. The molecule has 96 valence electrons. The van der Waals surface area contributed by atoms with Crippen LogP contribution in [0.4, 0.5) is 0 Å². The van der Waals surface area contributed by atoms with E-state index in [-0.39, 0.29) is 0 Å². The highest BCUT2D eigenvalue weighted by molar-refractivity contribution is 6.02. The summed E-state index contributed by atoms with van der Waals surface area (Å²) in [6.45, 7) is 1.58. The number of hydrogen-bond donors (Lipinski definition) is 1. The van der Waals surface area contributed by atoms with Crippen LogP contribution in [0.25, 0.3) is 0 Å². The normalized spacial score (nSPS) is 46.6. The monoisotopic (exact) mass is 254 g/mol. The van der Waals surface area contributed by atoms with E-state index in [4.69, 9.17) is 0 Å². The number of cyclic esters (lactones) is 4. The molecule has 0 bridgehead atoms. The van der Waals surface area contributed by atoms with Gasteiger partial charge >= 0.3 is 23.9 Å². The molecule has 3 rings (SSSR count). The number of hydrogen-bond acceptors (Lipinski definition) is 7. The average Bonchev–Trinajstić information content (AvgIpc) is 2.73. The summed E-state index contributed by atoms with van der Waals surface area (Å²) in [6.07, 6.45) is -1.41. The number of aliphatic hydroxyl groups is 1. The lowest BCUT2D eigenvalue weighted by Gasteiger charge is -2.36. The van der Waals surface area contributed by atoms with Gasteiger partial charge in [0, 0.05) is 0 Å². The van der Waals surface area contributed by atoms with Crippen LogP contribution in [0.15, 0.2) is 0 Å². The van der Waals surface area contributed by atoms with Gasteiger partial charge in [0.05, 0.1) is 29.8 Å². The fourth-order valence-corrected chi connectivity index (χ4v) is 3.29. The SMILES string of the molecule is CC1C2C(=O)OC(=O)C2C(O)C2C(=O)OC(=O)C12. The zero-order valence-electron chi connectivity index (χ0n) is 9.36. The summed E-state index contributed by atoms with van der Waals surface area (Å²) >= 11 is 0. The molecule has 1 N–H and O–H groups in total. The Hall–Kier alpha value is -1.76. The highest BCUT2D eigenvalue weighted by atomic mass is 16.6. The molecule has 3 aliphatic rings. The van der Waals surface area contributed by atoms with E-state index in [1.165, 1.54) is 0 Å². The number of aliphatic hydroxyl groups excluding tert-OH is 1. The topological polar surface area (TPSA) is 107 Å². The molecule has 1 aliphatic carbocycles. The quantitative estimate of drug-likeness (QED) is 0.419. The minimum absolute atomic E-state index is 0.568. The Kier molecular flexibility index (Phi) is 2.13. The lowest BCUT2D eigenvalue weighted by molar-refractivity contribution is -0.155. The molecule has 18 heavy (non-hydrogen) atoms. The number of esters is 4. The van der Waals surface area contributed by atoms with Crippen LogP contribution in [0.1, 0.15) is 6.92 Å². The fourth-order valence-electron chi connectivity index (χ4n) is 3.29. The zero-order valence-corrected chi connectivity index (χ0v) is 9.36. The first kappa shape index (κ1) is 11.3. The molecule has 3 fully saturated rings. The molecule has 0 aromatic rings. The predicted molar refractivity (Wildman–Crippen MR) is 51.3 cm³/mol. The summed E-state index contributed by atoms with van der Waals surface area (Å²) in [6, 6.07) is 0. The number of rotatable bonds is 0. The van der Waals surface area contributed by atoms with Gasteiger partial charge in [-0.1, -0.05) is 6.92 Å². The van der Waals surface area contributed by atoms with Gasteiger partial charge < -0.3 is 14.6 Å². The van der Waals surface area contributed by atoms with E-state index in [2.05, 4.69) is 9.47 Å². The maximum Gasteiger partial charge on any atom is 0.320 e. The minimum atomic E-state index is -1.41. The van der Waals surface area contributed by atoms with Crippen molar-refractivity contribution in [2.45, 2.75) is 13.0 Å². The summed E-state index contributed by atoms with van der Waals surface area (Å²) < 4.78 is 8.97. The first-order valence-electron chi connectivity index (χ1n) is 5.62. The Morgan fingerprint density at radius 1 is 0.778 bits per heavy atom. The third-order valence-electron chi connectivity index (χ3n) is 4.13. The van der Waals surface area contributed by atoms with Crippen molar-refractivity contribution >= 4 is 23.9 Å². The zero-order chi connectivity index (χ0) is 13.2. The van der Waals surface area contributed by atoms with Gasteiger partial charge in [0.15, 0.2) is 0 Å². The second kappa shape index (κ2) is 3.38. The molecule has 7 heteroatoms. The number of ether oxygens (including phenoxy) is 2. The molecule has 2 heterocycles. The second-order valence-corrected chi connectivity index (χ2v) is 4.93. The van der Waals surface area contributed by atoms with E-state index in [9.17, 15) is 24.3 Å². The largest absolute Gasteiger partial charge is 0.393 e. The van der Waals surface area contributed by atoms with E-state index in [0.29, 0.717) is 0 Å². The Labute approximate surface area is 101 Å². The maximum absolute atomic E-state index is 11.6. The Morgan fingerprint density at radius 3 is 1.50 bits per heavy atom. The fraction of sp³-hybridized carbons (Fsp3) is 0.636. The van der Waals surface area contributed by atoms with Crippen LogP contribution < -0.4 is 0 Å².